The van der Waals surface area contributed by atoms with Crippen LogP contribution in [0.3, 0.4) is 0 Å². The van der Waals surface area contributed by atoms with Crippen molar-refractivity contribution < 1.29 is 19.1 Å². The second-order valence-corrected chi connectivity index (χ2v) is 6.34. The van der Waals surface area contributed by atoms with E-state index < -0.39 is 0 Å². The molecule has 0 radical (unpaired) electrons. The van der Waals surface area contributed by atoms with Crippen LogP contribution in [0.25, 0.3) is 0 Å². The Hall–Kier alpha value is -2.73. The van der Waals surface area contributed by atoms with Gasteiger partial charge in [-0.15, -0.1) is 0 Å². The summed E-state index contributed by atoms with van der Waals surface area (Å²) < 4.78 is 10.2. The highest BCUT2D eigenvalue weighted by atomic mass is 35.5. The predicted molar refractivity (Wildman–Crippen MR) is 106 cm³/mol. The SMILES string of the molecule is COc1ccc(CCN(CC(=O)Nc2ccc(OC)c(Cl)c2)C(C)=O)cc1. The number of nitrogens with zero attached hydrogens (tertiary/aromatic N) is 1. The molecule has 2 rings (SSSR count). The van der Waals surface area contributed by atoms with E-state index in [1.54, 1.807) is 25.3 Å². The zero-order valence-electron chi connectivity index (χ0n) is 15.6. The molecule has 0 aliphatic rings. The van der Waals surface area contributed by atoms with Gasteiger partial charge in [0.1, 0.15) is 11.5 Å². The Kier molecular flexibility index (Phi) is 7.49. The van der Waals surface area contributed by atoms with Crippen LogP contribution in [0.2, 0.25) is 5.02 Å². The maximum atomic E-state index is 12.3. The standard InChI is InChI=1S/C20H23ClN2O4/c1-14(24)23(11-10-15-4-7-17(26-2)8-5-15)13-20(25)22-16-6-9-19(27-3)18(21)12-16/h4-9,12H,10-11,13H2,1-3H3,(H,22,25). The van der Waals surface area contributed by atoms with E-state index in [-0.39, 0.29) is 18.4 Å². The van der Waals surface area contributed by atoms with Crippen LogP contribution in [-0.4, -0.2) is 44.0 Å². The van der Waals surface area contributed by atoms with Crippen molar-refractivity contribution >= 4 is 29.1 Å². The van der Waals surface area contributed by atoms with Gasteiger partial charge in [-0.1, -0.05) is 23.7 Å². The number of hydrogen-bond acceptors (Lipinski definition) is 4. The summed E-state index contributed by atoms with van der Waals surface area (Å²) in [5, 5.41) is 3.14. The minimum atomic E-state index is -0.291. The Labute approximate surface area is 164 Å². The number of methoxy groups -OCH3 is 2. The normalized spacial score (nSPS) is 10.2. The van der Waals surface area contributed by atoms with E-state index in [0.717, 1.165) is 11.3 Å². The molecule has 0 bridgehead atoms. The number of amides is 2. The van der Waals surface area contributed by atoms with Gasteiger partial charge in [-0.3, -0.25) is 9.59 Å². The number of benzene rings is 2. The minimum Gasteiger partial charge on any atom is -0.497 e. The molecule has 0 unspecified atom stereocenters. The number of carbonyl (C=O) groups is 2. The predicted octanol–water partition coefficient (Wildman–Crippen LogP) is 3.39. The van der Waals surface area contributed by atoms with E-state index in [9.17, 15) is 9.59 Å². The van der Waals surface area contributed by atoms with Crippen LogP contribution >= 0.6 is 11.6 Å². The van der Waals surface area contributed by atoms with E-state index in [1.807, 2.05) is 24.3 Å². The first-order chi connectivity index (χ1) is 12.9. The quantitative estimate of drug-likeness (QED) is 0.750. The smallest absolute Gasteiger partial charge is 0.243 e. The fraction of sp³-hybridized carbons (Fsp3) is 0.300. The van der Waals surface area contributed by atoms with Gasteiger partial charge in [-0.2, -0.15) is 0 Å². The summed E-state index contributed by atoms with van der Waals surface area (Å²) in [5.41, 5.74) is 1.61. The van der Waals surface area contributed by atoms with Crippen molar-refractivity contribution in [3.63, 3.8) is 0 Å². The lowest BCUT2D eigenvalue weighted by Crippen LogP contribution is -2.38. The van der Waals surface area contributed by atoms with Crippen LogP contribution in [0.15, 0.2) is 42.5 Å². The third-order valence-corrected chi connectivity index (χ3v) is 4.34. The highest BCUT2D eigenvalue weighted by molar-refractivity contribution is 6.32. The van der Waals surface area contributed by atoms with Gasteiger partial charge in [0.05, 0.1) is 25.8 Å². The molecule has 6 nitrogen and oxygen atoms in total. The fourth-order valence-electron chi connectivity index (χ4n) is 2.52. The van der Waals surface area contributed by atoms with Gasteiger partial charge >= 0.3 is 0 Å². The van der Waals surface area contributed by atoms with Gasteiger partial charge in [0, 0.05) is 19.2 Å². The van der Waals surface area contributed by atoms with Crippen molar-refractivity contribution in [2.45, 2.75) is 13.3 Å². The number of halogens is 1. The lowest BCUT2D eigenvalue weighted by atomic mass is 10.1. The number of rotatable bonds is 8. The zero-order valence-corrected chi connectivity index (χ0v) is 16.4. The molecule has 0 aliphatic carbocycles. The van der Waals surface area contributed by atoms with Crippen LogP contribution < -0.4 is 14.8 Å². The third-order valence-electron chi connectivity index (χ3n) is 4.04. The highest BCUT2D eigenvalue weighted by Gasteiger charge is 2.14. The molecule has 0 aromatic heterocycles. The second-order valence-electron chi connectivity index (χ2n) is 5.94. The Balaban J connectivity index is 1.93. The zero-order chi connectivity index (χ0) is 19.8. The monoisotopic (exact) mass is 390 g/mol. The number of hydrogen-bond donors (Lipinski definition) is 1. The molecule has 27 heavy (non-hydrogen) atoms. The molecule has 2 aromatic carbocycles. The van der Waals surface area contributed by atoms with Crippen molar-refractivity contribution in [1.29, 1.82) is 0 Å². The molecule has 144 valence electrons. The van der Waals surface area contributed by atoms with Gasteiger partial charge < -0.3 is 19.7 Å². The molecule has 0 saturated heterocycles. The Morgan fingerprint density at radius 1 is 1.07 bits per heavy atom. The van der Waals surface area contributed by atoms with E-state index in [2.05, 4.69) is 5.32 Å². The number of carbonyl (C=O) groups excluding carboxylic acids is 2. The molecule has 0 fully saturated rings. The highest BCUT2D eigenvalue weighted by Crippen LogP contribution is 2.27. The molecule has 0 spiro atoms. The topological polar surface area (TPSA) is 67.9 Å². The molecular weight excluding hydrogens is 368 g/mol. The summed E-state index contributed by atoms with van der Waals surface area (Å²) in [5.74, 6) is 0.854. The lowest BCUT2D eigenvalue weighted by Gasteiger charge is -2.20. The summed E-state index contributed by atoms with van der Waals surface area (Å²) >= 11 is 6.06. The molecule has 0 saturated carbocycles. The summed E-state index contributed by atoms with van der Waals surface area (Å²) in [4.78, 5) is 25.7. The Morgan fingerprint density at radius 2 is 1.78 bits per heavy atom. The van der Waals surface area contributed by atoms with Gasteiger partial charge in [0.2, 0.25) is 11.8 Å². The van der Waals surface area contributed by atoms with Crippen LogP contribution in [-0.2, 0) is 16.0 Å². The van der Waals surface area contributed by atoms with E-state index >= 15 is 0 Å². The summed E-state index contributed by atoms with van der Waals surface area (Å²) in [6, 6.07) is 12.6. The van der Waals surface area contributed by atoms with Gasteiger partial charge in [-0.25, -0.2) is 0 Å². The van der Waals surface area contributed by atoms with E-state index in [1.165, 1.54) is 18.9 Å². The Bertz CT molecular complexity index is 793. The van der Waals surface area contributed by atoms with Crippen LogP contribution in [0.1, 0.15) is 12.5 Å². The number of ether oxygens (including phenoxy) is 2. The maximum absolute atomic E-state index is 12.3. The van der Waals surface area contributed by atoms with Crippen LogP contribution in [0.4, 0.5) is 5.69 Å². The minimum absolute atomic E-state index is 0.0326. The van der Waals surface area contributed by atoms with E-state index in [4.69, 9.17) is 21.1 Å². The average molecular weight is 391 g/mol. The Morgan fingerprint density at radius 3 is 2.33 bits per heavy atom. The van der Waals surface area contributed by atoms with E-state index in [0.29, 0.717) is 29.4 Å². The number of anilines is 1. The first-order valence-electron chi connectivity index (χ1n) is 8.44. The molecule has 0 aliphatic heterocycles. The third kappa shape index (κ3) is 6.18. The molecule has 2 amide bonds. The van der Waals surface area contributed by atoms with Crippen molar-refractivity contribution in [1.82, 2.24) is 4.90 Å². The maximum Gasteiger partial charge on any atom is 0.243 e. The van der Waals surface area contributed by atoms with Gasteiger partial charge in [-0.05, 0) is 42.3 Å². The van der Waals surface area contributed by atoms with Crippen LogP contribution in [0, 0.1) is 0 Å². The van der Waals surface area contributed by atoms with Crippen molar-refractivity contribution in [3.05, 3.63) is 53.1 Å². The molecule has 0 atom stereocenters. The molecular formula is C20H23ClN2O4. The van der Waals surface area contributed by atoms with Crippen molar-refractivity contribution in [2.24, 2.45) is 0 Å². The largest absolute Gasteiger partial charge is 0.497 e. The second kappa shape index (κ2) is 9.83. The molecule has 0 heterocycles. The number of nitrogens with one attached hydrogen (secondary N) is 1. The summed E-state index contributed by atoms with van der Waals surface area (Å²) in [6.45, 7) is 1.86. The molecule has 7 heteroatoms. The van der Waals surface area contributed by atoms with Gasteiger partial charge in [0.15, 0.2) is 0 Å². The van der Waals surface area contributed by atoms with Crippen molar-refractivity contribution in [3.8, 4) is 11.5 Å². The molecule has 1 N–H and O–H groups in total. The first kappa shape index (κ1) is 20.6. The van der Waals surface area contributed by atoms with Gasteiger partial charge in [0.25, 0.3) is 0 Å². The fourth-order valence-corrected chi connectivity index (χ4v) is 2.78. The van der Waals surface area contributed by atoms with Crippen LogP contribution in [0.5, 0.6) is 11.5 Å². The van der Waals surface area contributed by atoms with Crippen molar-refractivity contribution in [2.75, 3.05) is 32.6 Å². The summed E-state index contributed by atoms with van der Waals surface area (Å²) in [6.07, 6.45) is 0.644. The average Bonchev–Trinajstić information content (AvgIpc) is 2.65. The first-order valence-corrected chi connectivity index (χ1v) is 8.82. The molecule has 2 aromatic rings. The lowest BCUT2D eigenvalue weighted by molar-refractivity contribution is -0.132. The summed E-state index contributed by atoms with van der Waals surface area (Å²) in [7, 11) is 3.13.